The quantitative estimate of drug-likeness (QED) is 0.0415. The SMILES string of the molecule is C=CC(=O)OCCCCCCOc1ccc(C(=O)Oc2ccc(/C=N/N=C/c3ccc(C)cc3)cc2C(=O)OCCC)cc1. The minimum atomic E-state index is -0.623. The lowest BCUT2D eigenvalue weighted by molar-refractivity contribution is -0.137. The fraction of sp³-hybridized carbons (Fsp3) is 0.286. The highest BCUT2D eigenvalue weighted by Crippen LogP contribution is 2.23. The summed E-state index contributed by atoms with van der Waals surface area (Å²) in [5, 5.41) is 8.14. The number of unbranched alkanes of at least 4 members (excludes halogenated alkanes) is 3. The zero-order valence-electron chi connectivity index (χ0n) is 25.2. The standard InChI is InChI=1S/C35H38N2O7/c1-4-20-43-35(40)31-23-28(25-37-36-24-27-12-10-26(3)11-13-27)14-19-32(31)44-34(39)29-15-17-30(18-16-29)41-21-8-6-7-9-22-42-33(38)5-2/h5,10-19,23-25H,2,4,6-9,20-22H2,1,3H3/b36-24+,37-25+. The summed E-state index contributed by atoms with van der Waals surface area (Å²) in [7, 11) is 0. The molecular formula is C35H38N2O7. The van der Waals surface area contributed by atoms with Crippen LogP contribution in [0, 0.1) is 6.92 Å². The highest BCUT2D eigenvalue weighted by molar-refractivity contribution is 5.98. The molecule has 0 amide bonds. The first-order chi connectivity index (χ1) is 21.4. The van der Waals surface area contributed by atoms with E-state index in [2.05, 4.69) is 16.8 Å². The number of ether oxygens (including phenoxy) is 4. The molecule has 0 radical (unpaired) electrons. The molecule has 230 valence electrons. The summed E-state index contributed by atoms with van der Waals surface area (Å²) in [5.41, 5.74) is 3.07. The van der Waals surface area contributed by atoms with Crippen molar-refractivity contribution in [1.29, 1.82) is 0 Å². The van der Waals surface area contributed by atoms with Crippen LogP contribution in [0.2, 0.25) is 0 Å². The Morgan fingerprint density at radius 2 is 1.41 bits per heavy atom. The van der Waals surface area contributed by atoms with Crippen molar-refractivity contribution >= 4 is 30.3 Å². The van der Waals surface area contributed by atoms with Crippen LogP contribution in [0.5, 0.6) is 11.5 Å². The second kappa shape index (κ2) is 18.5. The number of hydrogen-bond donors (Lipinski definition) is 0. The van der Waals surface area contributed by atoms with Crippen LogP contribution >= 0.6 is 0 Å². The Labute approximate surface area is 258 Å². The highest BCUT2D eigenvalue weighted by Gasteiger charge is 2.18. The van der Waals surface area contributed by atoms with E-state index in [1.54, 1.807) is 42.6 Å². The molecule has 9 nitrogen and oxygen atoms in total. The smallest absolute Gasteiger partial charge is 0.343 e. The number of rotatable bonds is 17. The molecule has 0 aliphatic carbocycles. The first kappa shape index (κ1) is 33.5. The van der Waals surface area contributed by atoms with Gasteiger partial charge in [0.25, 0.3) is 0 Å². The number of esters is 3. The lowest BCUT2D eigenvalue weighted by Gasteiger charge is -2.11. The molecule has 44 heavy (non-hydrogen) atoms. The Hall–Kier alpha value is -5.05. The van der Waals surface area contributed by atoms with Gasteiger partial charge in [-0.2, -0.15) is 10.2 Å². The number of aryl methyl sites for hydroxylation is 1. The van der Waals surface area contributed by atoms with Gasteiger partial charge in [-0.3, -0.25) is 0 Å². The molecule has 0 unspecified atom stereocenters. The second-order valence-corrected chi connectivity index (χ2v) is 9.84. The summed E-state index contributed by atoms with van der Waals surface area (Å²) in [5.74, 6) is -0.929. The molecule has 0 aliphatic heterocycles. The van der Waals surface area contributed by atoms with E-state index in [1.165, 1.54) is 12.3 Å². The lowest BCUT2D eigenvalue weighted by atomic mass is 10.1. The van der Waals surface area contributed by atoms with Crippen LogP contribution in [0.25, 0.3) is 0 Å². The van der Waals surface area contributed by atoms with Crippen molar-refractivity contribution < 1.29 is 33.3 Å². The van der Waals surface area contributed by atoms with Crippen molar-refractivity contribution in [2.75, 3.05) is 19.8 Å². The second-order valence-electron chi connectivity index (χ2n) is 9.84. The average molecular weight is 599 g/mol. The third-order valence-corrected chi connectivity index (χ3v) is 6.23. The molecule has 0 saturated carbocycles. The van der Waals surface area contributed by atoms with Crippen LogP contribution in [0.3, 0.4) is 0 Å². The Kier molecular flexibility index (Phi) is 14.1. The van der Waals surface area contributed by atoms with E-state index in [0.29, 0.717) is 36.5 Å². The molecule has 3 rings (SSSR count). The van der Waals surface area contributed by atoms with E-state index in [0.717, 1.165) is 42.9 Å². The van der Waals surface area contributed by atoms with Gasteiger partial charge in [0, 0.05) is 6.08 Å². The molecule has 3 aromatic rings. The van der Waals surface area contributed by atoms with Gasteiger partial charge in [-0.05, 0) is 92.6 Å². The molecule has 9 heteroatoms. The van der Waals surface area contributed by atoms with Crippen molar-refractivity contribution in [3.63, 3.8) is 0 Å². The summed E-state index contributed by atoms with van der Waals surface area (Å²) in [6.07, 6.45) is 8.42. The maximum atomic E-state index is 12.9. The van der Waals surface area contributed by atoms with Crippen LogP contribution in [0.1, 0.15) is 76.4 Å². The van der Waals surface area contributed by atoms with E-state index in [4.69, 9.17) is 18.9 Å². The van der Waals surface area contributed by atoms with Gasteiger partial charge in [0.1, 0.15) is 17.1 Å². The first-order valence-electron chi connectivity index (χ1n) is 14.6. The van der Waals surface area contributed by atoms with Crippen molar-refractivity contribution in [2.24, 2.45) is 10.2 Å². The summed E-state index contributed by atoms with van der Waals surface area (Å²) >= 11 is 0. The lowest BCUT2D eigenvalue weighted by Crippen LogP contribution is -2.14. The van der Waals surface area contributed by atoms with Gasteiger partial charge in [0.05, 0.1) is 37.8 Å². The Balaban J connectivity index is 1.56. The third-order valence-electron chi connectivity index (χ3n) is 6.23. The van der Waals surface area contributed by atoms with E-state index in [-0.39, 0.29) is 17.9 Å². The molecule has 0 N–H and O–H groups in total. The minimum absolute atomic E-state index is 0.0796. The number of benzene rings is 3. The van der Waals surface area contributed by atoms with Gasteiger partial charge in [0.15, 0.2) is 0 Å². The van der Waals surface area contributed by atoms with E-state index < -0.39 is 17.9 Å². The fourth-order valence-corrected chi connectivity index (χ4v) is 3.83. The fourth-order valence-electron chi connectivity index (χ4n) is 3.83. The highest BCUT2D eigenvalue weighted by atomic mass is 16.5. The molecular weight excluding hydrogens is 560 g/mol. The number of carbonyl (C=O) groups is 3. The van der Waals surface area contributed by atoms with Crippen molar-refractivity contribution in [1.82, 2.24) is 0 Å². The molecule has 0 bridgehead atoms. The van der Waals surface area contributed by atoms with Gasteiger partial charge >= 0.3 is 17.9 Å². The van der Waals surface area contributed by atoms with Gasteiger partial charge in [-0.25, -0.2) is 14.4 Å². The maximum Gasteiger partial charge on any atom is 0.343 e. The number of hydrogen-bond acceptors (Lipinski definition) is 9. The van der Waals surface area contributed by atoms with Crippen LogP contribution in [-0.2, 0) is 14.3 Å². The largest absolute Gasteiger partial charge is 0.494 e. The van der Waals surface area contributed by atoms with Crippen molar-refractivity contribution in [2.45, 2.75) is 46.0 Å². The molecule has 0 spiro atoms. The number of nitrogens with zero attached hydrogens (tertiary/aromatic N) is 2. The van der Waals surface area contributed by atoms with Crippen LogP contribution < -0.4 is 9.47 Å². The van der Waals surface area contributed by atoms with Crippen molar-refractivity contribution in [3.8, 4) is 11.5 Å². The first-order valence-corrected chi connectivity index (χ1v) is 14.6. The average Bonchev–Trinajstić information content (AvgIpc) is 3.04. The molecule has 0 atom stereocenters. The van der Waals surface area contributed by atoms with Crippen LogP contribution in [0.4, 0.5) is 0 Å². The summed E-state index contributed by atoms with van der Waals surface area (Å²) in [4.78, 5) is 36.7. The monoisotopic (exact) mass is 598 g/mol. The predicted octanol–water partition coefficient (Wildman–Crippen LogP) is 6.90. The van der Waals surface area contributed by atoms with Gasteiger partial charge in [-0.15, -0.1) is 0 Å². The Bertz CT molecular complexity index is 1440. The Morgan fingerprint density at radius 1 is 0.750 bits per heavy atom. The zero-order chi connectivity index (χ0) is 31.6. The normalized spacial score (nSPS) is 11.0. The molecule has 0 aromatic heterocycles. The predicted molar refractivity (Wildman–Crippen MR) is 170 cm³/mol. The molecule has 0 fully saturated rings. The van der Waals surface area contributed by atoms with Crippen molar-refractivity contribution in [3.05, 3.63) is 107 Å². The van der Waals surface area contributed by atoms with E-state index in [1.807, 2.05) is 38.1 Å². The summed E-state index contributed by atoms with van der Waals surface area (Å²) in [6.45, 7) is 8.40. The zero-order valence-corrected chi connectivity index (χ0v) is 25.2. The maximum absolute atomic E-state index is 12.9. The summed E-state index contributed by atoms with van der Waals surface area (Å²) in [6, 6.07) is 19.2. The van der Waals surface area contributed by atoms with Crippen LogP contribution in [-0.4, -0.2) is 50.2 Å². The topological polar surface area (TPSA) is 113 Å². The van der Waals surface area contributed by atoms with Crippen LogP contribution in [0.15, 0.2) is 89.6 Å². The van der Waals surface area contributed by atoms with Gasteiger partial charge < -0.3 is 18.9 Å². The third kappa shape index (κ3) is 11.7. The molecule has 0 heterocycles. The molecule has 0 saturated heterocycles. The summed E-state index contributed by atoms with van der Waals surface area (Å²) < 4.78 is 21.6. The Morgan fingerprint density at radius 3 is 2.09 bits per heavy atom. The van der Waals surface area contributed by atoms with Gasteiger partial charge in [-0.1, -0.05) is 43.3 Å². The van der Waals surface area contributed by atoms with E-state index >= 15 is 0 Å². The molecule has 0 aliphatic rings. The number of carbonyl (C=O) groups excluding carboxylic acids is 3. The molecule has 3 aromatic carbocycles. The minimum Gasteiger partial charge on any atom is -0.494 e. The van der Waals surface area contributed by atoms with Gasteiger partial charge in [0.2, 0.25) is 0 Å². The van der Waals surface area contributed by atoms with E-state index in [9.17, 15) is 14.4 Å².